The van der Waals surface area contributed by atoms with Crippen LogP contribution in [0.3, 0.4) is 0 Å². The summed E-state index contributed by atoms with van der Waals surface area (Å²) in [6.45, 7) is 0. The Balaban J connectivity index is 1.45. The maximum absolute atomic E-state index is 14.4. The first kappa shape index (κ1) is 30.4. The van der Waals surface area contributed by atoms with Crippen LogP contribution < -0.4 is 10.7 Å². The smallest absolute Gasteiger partial charge is 0.241 e. The van der Waals surface area contributed by atoms with E-state index in [0.29, 0.717) is 44.8 Å². The third kappa shape index (κ3) is 4.77. The van der Waals surface area contributed by atoms with Crippen LogP contribution in [0.4, 0.5) is 35.1 Å². The van der Waals surface area contributed by atoms with Gasteiger partial charge in [-0.2, -0.15) is 46.9 Å². The average molecular weight is 656 g/mol. The molecule has 234 valence electrons. The van der Waals surface area contributed by atoms with Crippen LogP contribution in [-0.2, 0) is 12.4 Å². The molecule has 0 N–H and O–H groups in total. The Morgan fingerprint density at radius 1 is 0.479 bits per heavy atom. The van der Waals surface area contributed by atoms with E-state index in [1.54, 1.807) is 24.5 Å². The molecule has 0 bridgehead atoms. The standard InChI is InChI=1S/C34H12F8N6/c35-25-11-17(3-7-23(25)33(37,38)39)15-1-5-19-21(9-15)27(45-13-43)31-29(19)47-32-28(46-14-44)22-10-16(2-6-20(22)30(32)48-31)18-4-8-24(26(36)12-18)34(40,41)42/h1-12H. The zero-order valence-electron chi connectivity index (χ0n) is 23.6. The summed E-state index contributed by atoms with van der Waals surface area (Å²) in [4.78, 5) is 17.3. The molecule has 0 saturated carbocycles. The lowest BCUT2D eigenvalue weighted by Crippen LogP contribution is -2.07. The lowest BCUT2D eigenvalue weighted by atomic mass is 10.0. The molecule has 0 atom stereocenters. The molecule has 0 aliphatic carbocycles. The first-order chi connectivity index (χ1) is 22.8. The number of hydrogen-bond donors (Lipinski definition) is 0. The summed E-state index contributed by atoms with van der Waals surface area (Å²) in [7, 11) is 0. The van der Waals surface area contributed by atoms with Crippen molar-refractivity contribution in [3.63, 3.8) is 0 Å². The van der Waals surface area contributed by atoms with E-state index in [4.69, 9.17) is 9.97 Å². The van der Waals surface area contributed by atoms with Gasteiger partial charge in [0.25, 0.3) is 0 Å². The van der Waals surface area contributed by atoms with Crippen LogP contribution in [0.5, 0.6) is 0 Å². The lowest BCUT2D eigenvalue weighted by molar-refractivity contribution is -0.140. The molecule has 14 heteroatoms. The number of benzene rings is 4. The average Bonchev–Trinajstić information content (AvgIpc) is 3.49. The van der Waals surface area contributed by atoms with Crippen LogP contribution in [-0.4, -0.2) is 9.97 Å². The molecular weight excluding hydrogens is 644 g/mol. The molecule has 0 aliphatic heterocycles. The Morgan fingerprint density at radius 3 is 1.17 bits per heavy atom. The summed E-state index contributed by atoms with van der Waals surface area (Å²) < 4.78 is 107. The second kappa shape index (κ2) is 10.6. The van der Waals surface area contributed by atoms with E-state index in [1.165, 1.54) is 24.3 Å². The van der Waals surface area contributed by atoms with Crippen LogP contribution in [0.25, 0.3) is 65.9 Å². The van der Waals surface area contributed by atoms with E-state index in [0.717, 1.165) is 24.3 Å². The normalized spacial score (nSPS) is 13.2. The molecule has 0 saturated heterocycles. The number of nitriles is 2. The van der Waals surface area contributed by atoms with Gasteiger partial charge in [-0.25, -0.2) is 18.7 Å². The fourth-order valence-corrected chi connectivity index (χ4v) is 5.82. The molecule has 0 radical (unpaired) electrons. The summed E-state index contributed by atoms with van der Waals surface area (Å²) >= 11 is 0. The number of hydrogen-bond acceptors (Lipinski definition) is 6. The molecule has 7 aromatic rings. The van der Waals surface area contributed by atoms with Crippen molar-refractivity contribution in [3.8, 4) is 34.6 Å². The minimum Gasteiger partial charge on any atom is -0.241 e. The molecule has 6 aromatic carbocycles. The van der Waals surface area contributed by atoms with Gasteiger partial charge in [-0.3, -0.25) is 0 Å². The maximum atomic E-state index is 14.4. The van der Waals surface area contributed by atoms with Crippen molar-refractivity contribution < 1.29 is 35.1 Å². The van der Waals surface area contributed by atoms with Crippen LogP contribution in [0, 0.1) is 34.5 Å². The van der Waals surface area contributed by atoms with Crippen molar-refractivity contribution in [2.24, 2.45) is 9.98 Å². The molecule has 1 heterocycles. The molecule has 7 rings (SSSR count). The van der Waals surface area contributed by atoms with E-state index in [2.05, 4.69) is 9.98 Å². The van der Waals surface area contributed by atoms with Crippen molar-refractivity contribution in [2.75, 3.05) is 0 Å². The second-order valence-corrected chi connectivity index (χ2v) is 10.6. The highest BCUT2D eigenvalue weighted by Crippen LogP contribution is 2.37. The van der Waals surface area contributed by atoms with E-state index < -0.39 is 35.1 Å². The number of nitrogens with zero attached hydrogens (tertiary/aromatic N) is 6. The Labute approximate surface area is 262 Å². The number of halogens is 8. The summed E-state index contributed by atoms with van der Waals surface area (Å²) in [6, 6.07) is 14.3. The SMILES string of the molecule is N#CN=c1c2cc(-c3ccc(C(F)(F)F)c(F)c3)ccc2c2nc3c(=NC#N)c4cc(-c5ccc(C(F)(F)F)c(F)c5)ccc4c3nc12. The van der Waals surface area contributed by atoms with Gasteiger partial charge >= 0.3 is 12.4 Å². The Kier molecular flexibility index (Phi) is 6.73. The van der Waals surface area contributed by atoms with Crippen LogP contribution in [0.15, 0.2) is 82.8 Å². The Bertz CT molecular complexity index is 2520. The maximum Gasteiger partial charge on any atom is 0.419 e. The molecule has 0 fully saturated rings. The van der Waals surface area contributed by atoms with Gasteiger partial charge < -0.3 is 0 Å². The summed E-state index contributed by atoms with van der Waals surface area (Å²) in [6.07, 6.45) is -6.33. The fourth-order valence-electron chi connectivity index (χ4n) is 5.82. The number of fused-ring (bicyclic) bond motifs is 6. The van der Waals surface area contributed by atoms with Crippen molar-refractivity contribution >= 4 is 43.6 Å². The summed E-state index contributed by atoms with van der Waals surface area (Å²) in [5.41, 5.74) is -1.02. The van der Waals surface area contributed by atoms with Gasteiger partial charge in [0.1, 0.15) is 33.4 Å². The minimum absolute atomic E-state index is 0.0936. The Hall–Kier alpha value is -6.28. The molecule has 0 aliphatic rings. The summed E-state index contributed by atoms with van der Waals surface area (Å²) in [5.74, 6) is -2.91. The highest BCUT2D eigenvalue weighted by Gasteiger charge is 2.35. The van der Waals surface area contributed by atoms with Gasteiger partial charge in [0.15, 0.2) is 0 Å². The van der Waals surface area contributed by atoms with E-state index in [1.807, 2.05) is 0 Å². The van der Waals surface area contributed by atoms with Crippen molar-refractivity contribution in [3.05, 3.63) is 106 Å². The predicted octanol–water partition coefficient (Wildman–Crippen LogP) is 8.38. The van der Waals surface area contributed by atoms with E-state index in [-0.39, 0.29) is 43.9 Å². The number of rotatable bonds is 2. The molecule has 0 unspecified atom stereocenters. The van der Waals surface area contributed by atoms with Gasteiger partial charge in [-0.05, 0) is 58.7 Å². The van der Waals surface area contributed by atoms with Crippen LogP contribution in [0.2, 0.25) is 0 Å². The zero-order valence-corrected chi connectivity index (χ0v) is 23.6. The third-order valence-corrected chi connectivity index (χ3v) is 7.94. The zero-order chi connectivity index (χ0) is 34.1. The third-order valence-electron chi connectivity index (χ3n) is 7.94. The quantitative estimate of drug-likeness (QED) is 0.138. The van der Waals surface area contributed by atoms with Crippen LogP contribution >= 0.6 is 0 Å². The molecule has 6 nitrogen and oxygen atoms in total. The summed E-state index contributed by atoms with van der Waals surface area (Å²) in [5, 5.41) is 20.8. The predicted molar refractivity (Wildman–Crippen MR) is 158 cm³/mol. The Morgan fingerprint density at radius 2 is 0.833 bits per heavy atom. The highest BCUT2D eigenvalue weighted by molar-refractivity contribution is 6.15. The fraction of sp³-hybridized carbons (Fsp3) is 0.0588. The second-order valence-electron chi connectivity index (χ2n) is 10.6. The molecule has 1 aromatic heterocycles. The van der Waals surface area contributed by atoms with Crippen molar-refractivity contribution in [1.82, 2.24) is 9.97 Å². The van der Waals surface area contributed by atoms with Crippen molar-refractivity contribution in [2.45, 2.75) is 12.4 Å². The first-order valence-corrected chi connectivity index (χ1v) is 13.7. The highest BCUT2D eigenvalue weighted by atomic mass is 19.4. The van der Waals surface area contributed by atoms with E-state index >= 15 is 0 Å². The molecule has 0 spiro atoms. The number of alkyl halides is 6. The lowest BCUT2D eigenvalue weighted by Gasteiger charge is -2.09. The molecule has 0 amide bonds. The van der Waals surface area contributed by atoms with Gasteiger partial charge in [0, 0.05) is 21.5 Å². The topological polar surface area (TPSA) is 98.1 Å². The monoisotopic (exact) mass is 656 g/mol. The van der Waals surface area contributed by atoms with Gasteiger partial charge in [0.05, 0.1) is 22.2 Å². The molecular formula is C34H12F8N6. The van der Waals surface area contributed by atoms with Crippen molar-refractivity contribution in [1.29, 1.82) is 10.5 Å². The van der Waals surface area contributed by atoms with Gasteiger partial charge in [-0.1, -0.05) is 36.4 Å². The van der Waals surface area contributed by atoms with Gasteiger partial charge in [0.2, 0.25) is 12.4 Å². The molecule has 48 heavy (non-hydrogen) atoms. The van der Waals surface area contributed by atoms with Gasteiger partial charge in [-0.15, -0.1) is 0 Å². The number of aromatic nitrogens is 2. The first-order valence-electron chi connectivity index (χ1n) is 13.7. The largest absolute Gasteiger partial charge is 0.419 e. The van der Waals surface area contributed by atoms with E-state index in [9.17, 15) is 45.6 Å². The van der Waals surface area contributed by atoms with Crippen LogP contribution in [0.1, 0.15) is 11.1 Å². The minimum atomic E-state index is -4.87.